The molecule has 0 aliphatic heterocycles. The van der Waals surface area contributed by atoms with Gasteiger partial charge < -0.3 is 5.73 Å². The number of nitrogen functional groups attached to an aromatic ring is 1. The summed E-state index contributed by atoms with van der Waals surface area (Å²) in [6.45, 7) is 1.99. The van der Waals surface area contributed by atoms with Crippen LogP contribution in [0.5, 0.6) is 0 Å². The van der Waals surface area contributed by atoms with Gasteiger partial charge in [-0.05, 0) is 24.6 Å². The van der Waals surface area contributed by atoms with E-state index in [0.29, 0.717) is 0 Å². The molecule has 3 N–H and O–H groups in total. The molecule has 0 unspecified atom stereocenters. The molecule has 3 heteroatoms. The molecule has 0 spiro atoms. The molecule has 2 aromatic rings. The summed E-state index contributed by atoms with van der Waals surface area (Å²) in [7, 11) is 0. The summed E-state index contributed by atoms with van der Waals surface area (Å²) in [6, 6.07) is 3.92. The molecular formula is C8H9N3. The van der Waals surface area contributed by atoms with Crippen molar-refractivity contribution in [3.05, 3.63) is 23.9 Å². The first kappa shape index (κ1) is 6.22. The molecule has 0 aliphatic carbocycles. The van der Waals surface area contributed by atoms with Gasteiger partial charge >= 0.3 is 0 Å². The predicted molar refractivity (Wildman–Crippen MR) is 45.2 cm³/mol. The maximum atomic E-state index is 5.70. The maximum absolute atomic E-state index is 5.70. The molecule has 0 radical (unpaired) electrons. The number of hydrogen-bond donors (Lipinski definition) is 2. The molecule has 1 heterocycles. The second kappa shape index (κ2) is 1.99. The van der Waals surface area contributed by atoms with Crippen LogP contribution in [0.2, 0.25) is 0 Å². The zero-order chi connectivity index (χ0) is 7.84. The fraction of sp³-hybridized carbons (Fsp3) is 0.125. The third-order valence-corrected chi connectivity index (χ3v) is 1.83. The highest BCUT2D eigenvalue weighted by Crippen LogP contribution is 2.18. The number of anilines is 1. The Balaban J connectivity index is 2.86. The van der Waals surface area contributed by atoms with Crippen LogP contribution >= 0.6 is 0 Å². The first-order valence-electron chi connectivity index (χ1n) is 3.46. The second-order valence-corrected chi connectivity index (χ2v) is 2.67. The molecule has 56 valence electrons. The van der Waals surface area contributed by atoms with Crippen LogP contribution in [0.1, 0.15) is 5.56 Å². The number of aryl methyl sites for hydroxylation is 1. The van der Waals surface area contributed by atoms with E-state index in [1.807, 2.05) is 19.1 Å². The highest BCUT2D eigenvalue weighted by Gasteiger charge is 1.98. The molecule has 1 aromatic heterocycles. The maximum Gasteiger partial charge on any atom is 0.0670 e. The van der Waals surface area contributed by atoms with Crippen LogP contribution in [0.4, 0.5) is 5.69 Å². The lowest BCUT2D eigenvalue weighted by molar-refractivity contribution is 1.12. The standard InChI is InChI=1S/C8H9N3/c1-5-2-6-4-10-11-8(6)3-7(5)9/h2-4H,9H2,1H3,(H,10,11). The van der Waals surface area contributed by atoms with Gasteiger partial charge in [-0.1, -0.05) is 0 Å². The molecule has 11 heavy (non-hydrogen) atoms. The van der Waals surface area contributed by atoms with Crippen LogP contribution in [0, 0.1) is 6.92 Å². The monoisotopic (exact) mass is 147 g/mol. The van der Waals surface area contributed by atoms with E-state index in [1.54, 1.807) is 6.20 Å². The van der Waals surface area contributed by atoms with Crippen molar-refractivity contribution >= 4 is 16.6 Å². The number of H-pyrrole nitrogens is 1. The van der Waals surface area contributed by atoms with Crippen molar-refractivity contribution < 1.29 is 0 Å². The lowest BCUT2D eigenvalue weighted by Gasteiger charge is -1.97. The van der Waals surface area contributed by atoms with Crippen LogP contribution in [-0.4, -0.2) is 10.2 Å². The number of aromatic nitrogens is 2. The minimum absolute atomic E-state index is 0.807. The van der Waals surface area contributed by atoms with Crippen molar-refractivity contribution in [1.82, 2.24) is 10.2 Å². The van der Waals surface area contributed by atoms with Crippen molar-refractivity contribution in [1.29, 1.82) is 0 Å². The molecule has 0 saturated heterocycles. The Kier molecular flexibility index (Phi) is 1.12. The van der Waals surface area contributed by atoms with Crippen molar-refractivity contribution in [3.63, 3.8) is 0 Å². The van der Waals surface area contributed by atoms with E-state index in [0.717, 1.165) is 22.2 Å². The van der Waals surface area contributed by atoms with E-state index in [1.165, 1.54) is 0 Å². The topological polar surface area (TPSA) is 54.7 Å². The molecule has 0 saturated carbocycles. The zero-order valence-corrected chi connectivity index (χ0v) is 6.26. The molecule has 2 rings (SSSR count). The van der Waals surface area contributed by atoms with Gasteiger partial charge in [0, 0.05) is 11.1 Å². The Hall–Kier alpha value is -1.51. The zero-order valence-electron chi connectivity index (χ0n) is 6.26. The van der Waals surface area contributed by atoms with Crippen molar-refractivity contribution in [3.8, 4) is 0 Å². The molecular weight excluding hydrogens is 138 g/mol. The average molecular weight is 147 g/mol. The summed E-state index contributed by atoms with van der Waals surface area (Å²) < 4.78 is 0. The van der Waals surface area contributed by atoms with Gasteiger partial charge in [-0.25, -0.2) is 0 Å². The van der Waals surface area contributed by atoms with Crippen LogP contribution in [0.25, 0.3) is 10.9 Å². The van der Waals surface area contributed by atoms with Crippen LogP contribution in [-0.2, 0) is 0 Å². The normalized spacial score (nSPS) is 10.6. The van der Waals surface area contributed by atoms with Crippen molar-refractivity contribution in [2.75, 3.05) is 5.73 Å². The smallest absolute Gasteiger partial charge is 0.0670 e. The van der Waals surface area contributed by atoms with Gasteiger partial charge in [-0.3, -0.25) is 5.10 Å². The number of nitrogens with one attached hydrogen (secondary N) is 1. The lowest BCUT2D eigenvalue weighted by atomic mass is 10.1. The summed E-state index contributed by atoms with van der Waals surface area (Å²) >= 11 is 0. The summed E-state index contributed by atoms with van der Waals surface area (Å²) in [5, 5.41) is 7.87. The second-order valence-electron chi connectivity index (χ2n) is 2.67. The van der Waals surface area contributed by atoms with Crippen LogP contribution in [0.3, 0.4) is 0 Å². The van der Waals surface area contributed by atoms with E-state index in [4.69, 9.17) is 5.73 Å². The Morgan fingerprint density at radius 2 is 2.27 bits per heavy atom. The highest BCUT2D eigenvalue weighted by atomic mass is 15.1. The van der Waals surface area contributed by atoms with E-state index in [-0.39, 0.29) is 0 Å². The first-order valence-corrected chi connectivity index (χ1v) is 3.46. The Morgan fingerprint density at radius 1 is 1.45 bits per heavy atom. The molecule has 0 fully saturated rings. The number of fused-ring (bicyclic) bond motifs is 1. The third-order valence-electron chi connectivity index (χ3n) is 1.83. The molecule has 3 nitrogen and oxygen atoms in total. The molecule has 0 bridgehead atoms. The van der Waals surface area contributed by atoms with E-state index in [9.17, 15) is 0 Å². The predicted octanol–water partition coefficient (Wildman–Crippen LogP) is 1.45. The molecule has 1 aromatic carbocycles. The molecule has 0 aliphatic rings. The van der Waals surface area contributed by atoms with Crippen LogP contribution in [0.15, 0.2) is 18.3 Å². The number of benzene rings is 1. The van der Waals surface area contributed by atoms with Gasteiger partial charge in [0.2, 0.25) is 0 Å². The first-order chi connectivity index (χ1) is 5.27. The third kappa shape index (κ3) is 0.852. The Morgan fingerprint density at radius 3 is 3.09 bits per heavy atom. The van der Waals surface area contributed by atoms with Gasteiger partial charge in [0.15, 0.2) is 0 Å². The van der Waals surface area contributed by atoms with Crippen molar-refractivity contribution in [2.24, 2.45) is 0 Å². The highest BCUT2D eigenvalue weighted by molar-refractivity contribution is 5.82. The SMILES string of the molecule is Cc1cc2cn[nH]c2cc1N. The van der Waals surface area contributed by atoms with Gasteiger partial charge in [-0.2, -0.15) is 5.10 Å². The average Bonchev–Trinajstić information content (AvgIpc) is 2.36. The van der Waals surface area contributed by atoms with Crippen LogP contribution < -0.4 is 5.73 Å². The summed E-state index contributed by atoms with van der Waals surface area (Å²) in [6.07, 6.45) is 1.79. The fourth-order valence-electron chi connectivity index (χ4n) is 1.12. The minimum atomic E-state index is 0.807. The quantitative estimate of drug-likeness (QED) is 0.554. The molecule has 0 atom stereocenters. The number of hydrogen-bond acceptors (Lipinski definition) is 2. The fourth-order valence-corrected chi connectivity index (χ4v) is 1.12. The summed E-state index contributed by atoms with van der Waals surface area (Å²) in [4.78, 5) is 0. The van der Waals surface area contributed by atoms with E-state index in [2.05, 4.69) is 10.2 Å². The van der Waals surface area contributed by atoms with E-state index < -0.39 is 0 Å². The Labute approximate surface area is 64.2 Å². The molecule has 0 amide bonds. The van der Waals surface area contributed by atoms with Gasteiger partial charge in [0.25, 0.3) is 0 Å². The van der Waals surface area contributed by atoms with Gasteiger partial charge in [-0.15, -0.1) is 0 Å². The number of nitrogens with zero attached hydrogens (tertiary/aromatic N) is 1. The van der Waals surface area contributed by atoms with E-state index >= 15 is 0 Å². The summed E-state index contributed by atoms with van der Waals surface area (Å²) in [5.41, 5.74) is 8.59. The Bertz CT molecular complexity index is 353. The number of nitrogens with two attached hydrogens (primary N) is 1. The minimum Gasteiger partial charge on any atom is -0.398 e. The lowest BCUT2D eigenvalue weighted by Crippen LogP contribution is -1.88. The largest absolute Gasteiger partial charge is 0.398 e. The number of aromatic amines is 1. The van der Waals surface area contributed by atoms with Crippen molar-refractivity contribution in [2.45, 2.75) is 6.92 Å². The summed E-state index contributed by atoms with van der Waals surface area (Å²) in [5.74, 6) is 0. The van der Waals surface area contributed by atoms with Gasteiger partial charge in [0.1, 0.15) is 0 Å². The number of rotatable bonds is 0. The van der Waals surface area contributed by atoms with Gasteiger partial charge in [0.05, 0.1) is 11.7 Å².